The first-order valence-electron chi connectivity index (χ1n) is 5.74. The smallest absolute Gasteiger partial charge is 0.326 e. The van der Waals surface area contributed by atoms with Crippen LogP contribution in [0.4, 0.5) is 4.79 Å². The number of urea groups is 1. The average Bonchev–Trinajstić information content (AvgIpc) is 2.83. The van der Waals surface area contributed by atoms with Crippen LogP contribution in [0, 0.1) is 0 Å². The Balaban J connectivity index is 2.44. The van der Waals surface area contributed by atoms with E-state index in [1.807, 2.05) is 0 Å². The fourth-order valence-electron chi connectivity index (χ4n) is 1.37. The van der Waals surface area contributed by atoms with Gasteiger partial charge in [0.05, 0.1) is 18.3 Å². The SMILES string of the molecule is CS(=O)(=O)CCC(NC(=O)NCc1ccoc1)C(=O)O. The number of hydrogen-bond donors (Lipinski definition) is 3. The van der Waals surface area contributed by atoms with Gasteiger partial charge in [0.25, 0.3) is 0 Å². The summed E-state index contributed by atoms with van der Waals surface area (Å²) in [6, 6.07) is -0.292. The molecule has 0 fully saturated rings. The Morgan fingerprint density at radius 2 is 2.15 bits per heavy atom. The summed E-state index contributed by atoms with van der Waals surface area (Å²) in [4.78, 5) is 22.4. The van der Waals surface area contributed by atoms with Crippen LogP contribution in [0.25, 0.3) is 0 Å². The first-order chi connectivity index (χ1) is 9.28. The van der Waals surface area contributed by atoms with E-state index in [1.54, 1.807) is 6.07 Å². The van der Waals surface area contributed by atoms with Gasteiger partial charge in [-0.1, -0.05) is 0 Å². The van der Waals surface area contributed by atoms with Gasteiger partial charge in [-0.05, 0) is 12.5 Å². The number of carbonyl (C=O) groups excluding carboxylic acids is 1. The van der Waals surface area contributed by atoms with Crippen LogP contribution in [0.15, 0.2) is 23.0 Å². The number of aliphatic carboxylic acids is 1. The molecule has 2 amide bonds. The summed E-state index contributed by atoms with van der Waals surface area (Å²) in [7, 11) is -3.28. The Morgan fingerprint density at radius 1 is 1.45 bits per heavy atom. The molecule has 1 aromatic rings. The van der Waals surface area contributed by atoms with Crippen molar-refractivity contribution >= 4 is 21.8 Å². The van der Waals surface area contributed by atoms with Crippen molar-refractivity contribution in [1.82, 2.24) is 10.6 Å². The monoisotopic (exact) mass is 304 g/mol. The lowest BCUT2D eigenvalue weighted by atomic mass is 10.2. The first kappa shape index (κ1) is 16.0. The summed E-state index contributed by atoms with van der Waals surface area (Å²) in [5.74, 6) is -1.60. The van der Waals surface area contributed by atoms with Crippen molar-refractivity contribution in [3.05, 3.63) is 24.2 Å². The van der Waals surface area contributed by atoms with E-state index in [-0.39, 0.29) is 18.7 Å². The molecule has 1 aromatic heterocycles. The van der Waals surface area contributed by atoms with Crippen LogP contribution in [0.2, 0.25) is 0 Å². The Hall–Kier alpha value is -2.03. The fraction of sp³-hybridized carbons (Fsp3) is 0.455. The van der Waals surface area contributed by atoms with E-state index in [2.05, 4.69) is 10.6 Å². The number of nitrogens with one attached hydrogen (secondary N) is 2. The molecule has 0 spiro atoms. The van der Waals surface area contributed by atoms with Gasteiger partial charge in [0, 0.05) is 18.4 Å². The van der Waals surface area contributed by atoms with Crippen molar-refractivity contribution in [2.75, 3.05) is 12.0 Å². The maximum absolute atomic E-state index is 11.5. The van der Waals surface area contributed by atoms with E-state index in [1.165, 1.54) is 12.5 Å². The number of hydrogen-bond acceptors (Lipinski definition) is 5. The van der Waals surface area contributed by atoms with Crippen LogP contribution < -0.4 is 10.6 Å². The third-order valence-electron chi connectivity index (χ3n) is 2.41. The third-order valence-corrected chi connectivity index (χ3v) is 3.39. The van der Waals surface area contributed by atoms with Crippen LogP contribution in [0.1, 0.15) is 12.0 Å². The summed E-state index contributed by atoms with van der Waals surface area (Å²) in [6.45, 7) is 0.181. The summed E-state index contributed by atoms with van der Waals surface area (Å²) >= 11 is 0. The molecule has 1 atom stereocenters. The molecule has 0 radical (unpaired) electrons. The van der Waals surface area contributed by atoms with Crippen molar-refractivity contribution in [2.45, 2.75) is 19.0 Å². The van der Waals surface area contributed by atoms with Crippen LogP contribution in [-0.4, -0.2) is 43.6 Å². The summed E-state index contributed by atoms with van der Waals surface area (Å²) in [6.07, 6.45) is 3.71. The van der Waals surface area contributed by atoms with Gasteiger partial charge in [-0.15, -0.1) is 0 Å². The molecular weight excluding hydrogens is 288 g/mol. The van der Waals surface area contributed by atoms with Gasteiger partial charge >= 0.3 is 12.0 Å². The second-order valence-corrected chi connectivity index (χ2v) is 6.53. The molecule has 0 aliphatic carbocycles. The van der Waals surface area contributed by atoms with Gasteiger partial charge in [-0.2, -0.15) is 0 Å². The molecule has 0 saturated carbocycles. The lowest BCUT2D eigenvalue weighted by Gasteiger charge is -2.14. The molecule has 1 unspecified atom stereocenters. The zero-order chi connectivity index (χ0) is 15.2. The van der Waals surface area contributed by atoms with Crippen molar-refractivity contribution in [3.63, 3.8) is 0 Å². The van der Waals surface area contributed by atoms with Crippen LogP contribution in [0.5, 0.6) is 0 Å². The summed E-state index contributed by atoms with van der Waals surface area (Å²) in [5, 5.41) is 13.6. The highest BCUT2D eigenvalue weighted by atomic mass is 32.2. The van der Waals surface area contributed by atoms with E-state index < -0.39 is 27.9 Å². The van der Waals surface area contributed by atoms with Gasteiger partial charge in [0.1, 0.15) is 15.9 Å². The van der Waals surface area contributed by atoms with E-state index in [4.69, 9.17) is 9.52 Å². The van der Waals surface area contributed by atoms with Gasteiger partial charge in [0.15, 0.2) is 0 Å². The molecule has 0 aliphatic heterocycles. The maximum Gasteiger partial charge on any atom is 0.326 e. The summed E-state index contributed by atoms with van der Waals surface area (Å²) < 4.78 is 26.8. The largest absolute Gasteiger partial charge is 0.480 e. The van der Waals surface area contributed by atoms with Crippen molar-refractivity contribution in [3.8, 4) is 0 Å². The van der Waals surface area contributed by atoms with Crippen LogP contribution in [-0.2, 0) is 21.2 Å². The molecule has 0 bridgehead atoms. The molecule has 0 aliphatic rings. The quantitative estimate of drug-likeness (QED) is 0.649. The minimum atomic E-state index is -3.28. The molecule has 112 valence electrons. The number of carbonyl (C=O) groups is 2. The van der Waals surface area contributed by atoms with Gasteiger partial charge in [0.2, 0.25) is 0 Å². The normalized spacial score (nSPS) is 12.7. The maximum atomic E-state index is 11.5. The number of carboxylic acid groups (broad SMARTS) is 1. The lowest BCUT2D eigenvalue weighted by Crippen LogP contribution is -2.46. The second kappa shape index (κ2) is 6.94. The van der Waals surface area contributed by atoms with Crippen molar-refractivity contribution in [1.29, 1.82) is 0 Å². The number of sulfone groups is 1. The number of furan rings is 1. The zero-order valence-corrected chi connectivity index (χ0v) is 11.6. The minimum Gasteiger partial charge on any atom is -0.480 e. The van der Waals surface area contributed by atoms with Gasteiger partial charge in [-0.3, -0.25) is 0 Å². The average molecular weight is 304 g/mol. The molecular formula is C11H16N2O6S. The zero-order valence-electron chi connectivity index (χ0n) is 10.8. The van der Waals surface area contributed by atoms with E-state index in [0.717, 1.165) is 11.8 Å². The second-order valence-electron chi connectivity index (χ2n) is 4.27. The van der Waals surface area contributed by atoms with E-state index >= 15 is 0 Å². The summed E-state index contributed by atoms with van der Waals surface area (Å²) in [5.41, 5.74) is 0.725. The standard InChI is InChI=1S/C11H16N2O6S/c1-20(17,18)5-3-9(10(14)15)13-11(16)12-6-8-2-4-19-7-8/h2,4,7,9H,3,5-6H2,1H3,(H,14,15)(H2,12,13,16). The van der Waals surface area contributed by atoms with E-state index in [0.29, 0.717) is 0 Å². The highest BCUT2D eigenvalue weighted by Gasteiger charge is 2.21. The first-order valence-corrected chi connectivity index (χ1v) is 7.80. The topological polar surface area (TPSA) is 126 Å². The molecule has 3 N–H and O–H groups in total. The van der Waals surface area contributed by atoms with Crippen molar-refractivity contribution in [2.24, 2.45) is 0 Å². The molecule has 20 heavy (non-hydrogen) atoms. The fourth-order valence-corrected chi connectivity index (χ4v) is 2.04. The Labute approximate surface area is 116 Å². The molecule has 8 nitrogen and oxygen atoms in total. The third kappa shape index (κ3) is 6.23. The number of rotatable bonds is 7. The lowest BCUT2D eigenvalue weighted by molar-refractivity contribution is -0.139. The highest BCUT2D eigenvalue weighted by molar-refractivity contribution is 7.90. The molecule has 0 aromatic carbocycles. The Bertz CT molecular complexity index is 551. The van der Waals surface area contributed by atoms with Gasteiger partial charge in [-0.25, -0.2) is 18.0 Å². The number of carboxylic acids is 1. The van der Waals surface area contributed by atoms with Crippen LogP contribution >= 0.6 is 0 Å². The van der Waals surface area contributed by atoms with Crippen molar-refractivity contribution < 1.29 is 27.5 Å². The molecule has 9 heteroatoms. The minimum absolute atomic E-state index is 0.181. The van der Waals surface area contributed by atoms with E-state index in [9.17, 15) is 18.0 Å². The molecule has 1 rings (SSSR count). The van der Waals surface area contributed by atoms with Gasteiger partial charge < -0.3 is 20.2 Å². The highest BCUT2D eigenvalue weighted by Crippen LogP contribution is 2.00. The molecule has 1 heterocycles. The number of amides is 2. The predicted octanol–water partition coefficient (Wildman–Crippen LogP) is -0.0333. The predicted molar refractivity (Wildman–Crippen MR) is 69.8 cm³/mol. The molecule has 0 saturated heterocycles. The Morgan fingerprint density at radius 3 is 2.65 bits per heavy atom. The Kier molecular flexibility index (Phi) is 5.56. The van der Waals surface area contributed by atoms with Crippen LogP contribution in [0.3, 0.4) is 0 Å².